The van der Waals surface area contributed by atoms with Crippen LogP contribution in [0.1, 0.15) is 28.1 Å². The van der Waals surface area contributed by atoms with Crippen molar-refractivity contribution in [3.63, 3.8) is 0 Å². The third kappa shape index (κ3) is 5.35. The molecule has 1 amide bonds. The maximum absolute atomic E-state index is 12.5. The first-order valence-electron chi connectivity index (χ1n) is 9.55. The van der Waals surface area contributed by atoms with E-state index in [2.05, 4.69) is 53.3 Å². The van der Waals surface area contributed by atoms with E-state index in [1.165, 1.54) is 22.9 Å². The molecule has 0 atom stereocenters. The predicted octanol–water partition coefficient (Wildman–Crippen LogP) is 4.71. The first kappa shape index (κ1) is 20.9. The SMILES string of the molecule is C=CCn1c(Cc2ccccc2)nnc1SCC(=O)Nc1c(C)cc(C)cc1C. The van der Waals surface area contributed by atoms with E-state index < -0.39 is 0 Å². The Morgan fingerprint density at radius 3 is 2.48 bits per heavy atom. The molecule has 0 aliphatic heterocycles. The summed E-state index contributed by atoms with van der Waals surface area (Å²) in [5.74, 6) is 1.08. The average molecular weight is 407 g/mol. The van der Waals surface area contributed by atoms with Crippen LogP contribution < -0.4 is 5.32 Å². The minimum Gasteiger partial charge on any atom is -0.325 e. The first-order valence-corrected chi connectivity index (χ1v) is 10.5. The number of hydrogen-bond acceptors (Lipinski definition) is 4. The quantitative estimate of drug-likeness (QED) is 0.435. The smallest absolute Gasteiger partial charge is 0.234 e. The van der Waals surface area contributed by atoms with Crippen LogP contribution in [0, 0.1) is 20.8 Å². The molecule has 0 saturated carbocycles. The van der Waals surface area contributed by atoms with Crippen molar-refractivity contribution in [3.05, 3.63) is 83.2 Å². The molecule has 0 aliphatic carbocycles. The molecule has 0 aliphatic rings. The number of amides is 1. The Bertz CT molecular complexity index is 988. The van der Waals surface area contributed by atoms with E-state index >= 15 is 0 Å². The number of nitrogens with one attached hydrogen (secondary N) is 1. The molecule has 5 nitrogen and oxygen atoms in total. The van der Waals surface area contributed by atoms with Crippen LogP contribution in [0.2, 0.25) is 0 Å². The lowest BCUT2D eigenvalue weighted by Crippen LogP contribution is -2.16. The predicted molar refractivity (Wildman–Crippen MR) is 119 cm³/mol. The number of aryl methyl sites for hydroxylation is 3. The van der Waals surface area contributed by atoms with Gasteiger partial charge in [-0.15, -0.1) is 16.8 Å². The highest BCUT2D eigenvalue weighted by Gasteiger charge is 2.15. The second kappa shape index (κ2) is 9.56. The van der Waals surface area contributed by atoms with Gasteiger partial charge in [0.25, 0.3) is 0 Å². The lowest BCUT2D eigenvalue weighted by molar-refractivity contribution is -0.113. The second-order valence-electron chi connectivity index (χ2n) is 7.07. The number of carbonyl (C=O) groups excluding carboxylic acids is 1. The molecule has 0 bridgehead atoms. The van der Waals surface area contributed by atoms with Gasteiger partial charge in [0.1, 0.15) is 5.82 Å². The summed E-state index contributed by atoms with van der Waals surface area (Å²) < 4.78 is 2.01. The number of allylic oxidation sites excluding steroid dienone is 1. The topological polar surface area (TPSA) is 59.8 Å². The fourth-order valence-electron chi connectivity index (χ4n) is 3.33. The summed E-state index contributed by atoms with van der Waals surface area (Å²) in [5, 5.41) is 12.4. The van der Waals surface area contributed by atoms with Crippen molar-refractivity contribution in [2.45, 2.75) is 38.9 Å². The number of anilines is 1. The number of aromatic nitrogens is 3. The number of carbonyl (C=O) groups is 1. The van der Waals surface area contributed by atoms with E-state index in [1.54, 1.807) is 0 Å². The van der Waals surface area contributed by atoms with E-state index in [0.29, 0.717) is 13.0 Å². The third-order valence-corrected chi connectivity index (χ3v) is 5.55. The molecule has 0 unspecified atom stereocenters. The van der Waals surface area contributed by atoms with E-state index in [4.69, 9.17) is 0 Å². The Morgan fingerprint density at radius 1 is 1.14 bits per heavy atom. The Morgan fingerprint density at radius 2 is 1.83 bits per heavy atom. The highest BCUT2D eigenvalue weighted by molar-refractivity contribution is 7.99. The summed E-state index contributed by atoms with van der Waals surface area (Å²) in [6, 6.07) is 14.3. The lowest BCUT2D eigenvalue weighted by atomic mass is 10.1. The van der Waals surface area contributed by atoms with Crippen LogP contribution in [0.4, 0.5) is 5.69 Å². The molecule has 1 N–H and O–H groups in total. The van der Waals surface area contributed by atoms with Crippen LogP contribution in [0.5, 0.6) is 0 Å². The average Bonchev–Trinajstić information content (AvgIpc) is 3.05. The summed E-state index contributed by atoms with van der Waals surface area (Å²) in [4.78, 5) is 12.5. The molecular formula is C23H26N4OS. The molecule has 0 spiro atoms. The molecule has 150 valence electrons. The van der Waals surface area contributed by atoms with Crippen molar-refractivity contribution in [1.82, 2.24) is 14.8 Å². The molecule has 1 heterocycles. The van der Waals surface area contributed by atoms with Crippen molar-refractivity contribution in [1.29, 1.82) is 0 Å². The zero-order chi connectivity index (χ0) is 20.8. The van der Waals surface area contributed by atoms with E-state index in [0.717, 1.165) is 27.8 Å². The monoisotopic (exact) mass is 406 g/mol. The van der Waals surface area contributed by atoms with Gasteiger partial charge >= 0.3 is 0 Å². The van der Waals surface area contributed by atoms with Crippen LogP contribution in [0.15, 0.2) is 60.3 Å². The van der Waals surface area contributed by atoms with Crippen molar-refractivity contribution in [2.24, 2.45) is 0 Å². The molecule has 1 aromatic heterocycles. The van der Waals surface area contributed by atoms with E-state index in [-0.39, 0.29) is 11.7 Å². The minimum atomic E-state index is -0.0529. The van der Waals surface area contributed by atoms with E-state index in [9.17, 15) is 4.79 Å². The van der Waals surface area contributed by atoms with Crippen LogP contribution in [-0.4, -0.2) is 26.4 Å². The Balaban J connectivity index is 1.68. The molecule has 6 heteroatoms. The molecule has 29 heavy (non-hydrogen) atoms. The summed E-state index contributed by atoms with van der Waals surface area (Å²) in [6.07, 6.45) is 2.51. The zero-order valence-corrected chi connectivity index (χ0v) is 17.9. The maximum atomic E-state index is 12.5. The zero-order valence-electron chi connectivity index (χ0n) is 17.1. The number of nitrogens with zero attached hydrogens (tertiary/aromatic N) is 3. The summed E-state index contributed by atoms with van der Waals surface area (Å²) >= 11 is 1.39. The van der Waals surface area contributed by atoms with Crippen LogP contribution >= 0.6 is 11.8 Å². The molecule has 3 aromatic rings. The van der Waals surface area contributed by atoms with Crippen molar-refractivity contribution >= 4 is 23.4 Å². The van der Waals surface area contributed by atoms with Gasteiger partial charge in [-0.1, -0.05) is 65.9 Å². The van der Waals surface area contributed by atoms with Crippen molar-refractivity contribution < 1.29 is 4.79 Å². The van der Waals surface area contributed by atoms with Gasteiger partial charge in [0.15, 0.2) is 5.16 Å². The number of hydrogen-bond donors (Lipinski definition) is 1. The Kier molecular flexibility index (Phi) is 6.88. The van der Waals surface area contributed by atoms with Crippen molar-refractivity contribution in [3.8, 4) is 0 Å². The second-order valence-corrected chi connectivity index (χ2v) is 8.01. The normalized spacial score (nSPS) is 10.7. The first-order chi connectivity index (χ1) is 14.0. The summed E-state index contributed by atoms with van der Waals surface area (Å²) in [5.41, 5.74) is 5.39. The van der Waals surface area contributed by atoms with Gasteiger partial charge < -0.3 is 9.88 Å². The van der Waals surface area contributed by atoms with Gasteiger partial charge in [0.05, 0.1) is 5.75 Å². The van der Waals surface area contributed by atoms with Gasteiger partial charge in [0, 0.05) is 18.7 Å². The van der Waals surface area contributed by atoms with Gasteiger partial charge in [-0.25, -0.2) is 0 Å². The standard InChI is InChI=1S/C23H26N4OS/c1-5-11-27-20(14-19-9-7-6-8-10-19)25-26-23(27)29-15-21(28)24-22-17(3)12-16(2)13-18(22)4/h5-10,12-13H,1,11,14-15H2,2-4H3,(H,24,28). The fraction of sp³-hybridized carbons (Fsp3) is 0.261. The Hall–Kier alpha value is -2.86. The van der Waals surface area contributed by atoms with Gasteiger partial charge in [-0.2, -0.15) is 0 Å². The molecular weight excluding hydrogens is 380 g/mol. The Labute approximate surface area is 176 Å². The lowest BCUT2D eigenvalue weighted by Gasteiger charge is -2.13. The van der Waals surface area contributed by atoms with Gasteiger partial charge in [0.2, 0.25) is 5.91 Å². The van der Waals surface area contributed by atoms with Gasteiger partial charge in [-0.3, -0.25) is 4.79 Å². The third-order valence-electron chi connectivity index (χ3n) is 4.58. The van der Waals surface area contributed by atoms with Crippen molar-refractivity contribution in [2.75, 3.05) is 11.1 Å². The molecule has 3 rings (SSSR count). The molecule has 0 fully saturated rings. The van der Waals surface area contributed by atoms with Crippen LogP contribution in [-0.2, 0) is 17.8 Å². The molecule has 0 radical (unpaired) electrons. The number of thioether (sulfide) groups is 1. The fourth-order valence-corrected chi connectivity index (χ4v) is 4.10. The maximum Gasteiger partial charge on any atom is 0.234 e. The number of benzene rings is 2. The summed E-state index contributed by atoms with van der Waals surface area (Å²) in [7, 11) is 0. The number of rotatable bonds is 8. The van der Waals surface area contributed by atoms with Gasteiger partial charge in [-0.05, 0) is 37.5 Å². The highest BCUT2D eigenvalue weighted by atomic mass is 32.2. The minimum absolute atomic E-state index is 0.0529. The molecule has 0 saturated heterocycles. The molecule has 2 aromatic carbocycles. The largest absolute Gasteiger partial charge is 0.325 e. The van der Waals surface area contributed by atoms with E-state index in [1.807, 2.05) is 42.7 Å². The summed E-state index contributed by atoms with van der Waals surface area (Å²) in [6.45, 7) is 10.5. The van der Waals surface area contributed by atoms with Crippen LogP contribution in [0.25, 0.3) is 0 Å². The highest BCUT2D eigenvalue weighted by Crippen LogP contribution is 2.23. The van der Waals surface area contributed by atoms with Crippen LogP contribution in [0.3, 0.4) is 0 Å².